The van der Waals surface area contributed by atoms with Crippen LogP contribution >= 0.6 is 23.1 Å². The lowest BCUT2D eigenvalue weighted by Gasteiger charge is -2.04. The number of hydrogen-bond acceptors (Lipinski definition) is 5. The Morgan fingerprint density at radius 2 is 2.35 bits per heavy atom. The minimum Gasteiger partial charge on any atom is -0.370 e. The quantitative estimate of drug-likeness (QED) is 0.839. The van der Waals surface area contributed by atoms with E-state index in [0.29, 0.717) is 0 Å². The molecule has 2 rings (SSSR count). The van der Waals surface area contributed by atoms with Crippen molar-refractivity contribution >= 4 is 28.9 Å². The highest BCUT2D eigenvalue weighted by Crippen LogP contribution is 2.26. The lowest BCUT2D eigenvalue weighted by atomic mass is 10.3. The lowest BCUT2D eigenvalue weighted by molar-refractivity contribution is 1.14. The Hall–Kier alpha value is -1.07. The summed E-state index contributed by atoms with van der Waals surface area (Å²) < 4.78 is 1.13. The maximum Gasteiger partial charge on any atom is 0.150 e. The maximum absolute atomic E-state index is 4.43. The van der Waals surface area contributed by atoms with E-state index in [9.17, 15) is 0 Å². The van der Waals surface area contributed by atoms with E-state index in [0.717, 1.165) is 28.1 Å². The number of nitrogens with one attached hydrogen (secondary N) is 1. The molecular formula is C12H15N3S2. The van der Waals surface area contributed by atoms with E-state index < -0.39 is 0 Å². The molecule has 0 amide bonds. The minimum atomic E-state index is 0.898. The Morgan fingerprint density at radius 1 is 1.47 bits per heavy atom. The van der Waals surface area contributed by atoms with Crippen molar-refractivity contribution in [3.05, 3.63) is 35.0 Å². The first-order valence-corrected chi connectivity index (χ1v) is 7.38. The van der Waals surface area contributed by atoms with Crippen LogP contribution in [0.3, 0.4) is 0 Å². The van der Waals surface area contributed by atoms with E-state index in [1.807, 2.05) is 19.2 Å². The van der Waals surface area contributed by atoms with Gasteiger partial charge in [0.15, 0.2) is 0 Å². The molecule has 0 saturated carbocycles. The van der Waals surface area contributed by atoms with Gasteiger partial charge in [-0.25, -0.2) is 9.97 Å². The van der Waals surface area contributed by atoms with Gasteiger partial charge in [-0.2, -0.15) is 0 Å². The van der Waals surface area contributed by atoms with Gasteiger partial charge in [0, 0.05) is 29.6 Å². The van der Waals surface area contributed by atoms with E-state index in [4.69, 9.17) is 0 Å². The van der Waals surface area contributed by atoms with Crippen molar-refractivity contribution in [3.63, 3.8) is 0 Å². The summed E-state index contributed by atoms with van der Waals surface area (Å²) in [7, 11) is 0. The third-order valence-electron chi connectivity index (χ3n) is 2.14. The molecule has 0 fully saturated rings. The molecule has 2 aromatic heterocycles. The summed E-state index contributed by atoms with van der Waals surface area (Å²) in [5.41, 5.74) is 2.37. The van der Waals surface area contributed by atoms with Gasteiger partial charge in [0.2, 0.25) is 0 Å². The molecule has 0 unspecified atom stereocenters. The molecule has 0 atom stereocenters. The number of aromatic nitrogens is 2. The minimum absolute atomic E-state index is 0.898. The number of thiazole rings is 1. The molecule has 0 spiro atoms. The van der Waals surface area contributed by atoms with Crippen molar-refractivity contribution in [1.29, 1.82) is 0 Å². The summed E-state index contributed by atoms with van der Waals surface area (Å²) in [4.78, 5) is 8.69. The standard InChI is InChI=1S/C12H15N3S2/c1-3-13-11-6-10(4-5-14-11)8-17-12-15-9(2)7-16-12/h4-7H,3,8H2,1-2H3,(H,13,14). The van der Waals surface area contributed by atoms with Crippen molar-refractivity contribution in [2.75, 3.05) is 11.9 Å². The fraction of sp³-hybridized carbons (Fsp3) is 0.333. The first-order valence-electron chi connectivity index (χ1n) is 5.51. The average molecular weight is 265 g/mol. The van der Waals surface area contributed by atoms with Gasteiger partial charge in [0.1, 0.15) is 10.2 Å². The van der Waals surface area contributed by atoms with Gasteiger partial charge in [-0.3, -0.25) is 0 Å². The van der Waals surface area contributed by atoms with Gasteiger partial charge in [0.05, 0.1) is 0 Å². The van der Waals surface area contributed by atoms with E-state index in [1.165, 1.54) is 5.56 Å². The van der Waals surface area contributed by atoms with Gasteiger partial charge in [0.25, 0.3) is 0 Å². The molecule has 0 aromatic carbocycles. The molecule has 5 heteroatoms. The van der Waals surface area contributed by atoms with Crippen LogP contribution in [0.15, 0.2) is 28.0 Å². The van der Waals surface area contributed by atoms with E-state index in [1.54, 1.807) is 23.1 Å². The summed E-state index contributed by atoms with van der Waals surface area (Å²) in [6.45, 7) is 4.99. The molecule has 90 valence electrons. The Morgan fingerprint density at radius 3 is 3.06 bits per heavy atom. The molecule has 2 aromatic rings. The van der Waals surface area contributed by atoms with Gasteiger partial charge in [-0.05, 0) is 31.5 Å². The molecule has 3 nitrogen and oxygen atoms in total. The first-order chi connectivity index (χ1) is 8.28. The Labute approximate surface area is 110 Å². The van der Waals surface area contributed by atoms with Crippen LogP contribution in [0.2, 0.25) is 0 Å². The molecule has 0 aliphatic heterocycles. The van der Waals surface area contributed by atoms with E-state index >= 15 is 0 Å². The molecule has 17 heavy (non-hydrogen) atoms. The number of pyridine rings is 1. The van der Waals surface area contributed by atoms with Crippen LogP contribution in [0, 0.1) is 6.92 Å². The average Bonchev–Trinajstić information content (AvgIpc) is 2.74. The molecular weight excluding hydrogens is 250 g/mol. The number of anilines is 1. The van der Waals surface area contributed by atoms with Gasteiger partial charge in [-0.1, -0.05) is 11.8 Å². The highest BCUT2D eigenvalue weighted by atomic mass is 32.2. The zero-order valence-corrected chi connectivity index (χ0v) is 11.6. The Kier molecular flexibility index (Phi) is 4.39. The van der Waals surface area contributed by atoms with E-state index in [-0.39, 0.29) is 0 Å². The monoisotopic (exact) mass is 265 g/mol. The van der Waals surface area contributed by atoms with Crippen molar-refractivity contribution in [2.24, 2.45) is 0 Å². The second-order valence-corrected chi connectivity index (χ2v) is 5.70. The molecule has 0 aliphatic carbocycles. The third-order valence-corrected chi connectivity index (χ3v) is 4.35. The van der Waals surface area contributed by atoms with E-state index in [2.05, 4.69) is 33.7 Å². The van der Waals surface area contributed by atoms with Crippen LogP contribution in [0.25, 0.3) is 0 Å². The number of thioether (sulfide) groups is 1. The molecule has 0 bridgehead atoms. The summed E-state index contributed by atoms with van der Waals surface area (Å²) in [6.07, 6.45) is 1.85. The molecule has 2 heterocycles. The largest absolute Gasteiger partial charge is 0.370 e. The predicted octanol–water partition coefficient (Wildman–Crippen LogP) is 3.57. The maximum atomic E-state index is 4.43. The molecule has 1 N–H and O–H groups in total. The van der Waals surface area contributed by atoms with Crippen LogP contribution in [-0.4, -0.2) is 16.5 Å². The number of rotatable bonds is 5. The van der Waals surface area contributed by atoms with Gasteiger partial charge >= 0.3 is 0 Å². The van der Waals surface area contributed by atoms with Crippen molar-refractivity contribution in [3.8, 4) is 0 Å². The smallest absolute Gasteiger partial charge is 0.150 e. The molecule has 0 aliphatic rings. The number of hydrogen-bond donors (Lipinski definition) is 1. The second-order valence-electron chi connectivity index (χ2n) is 3.62. The van der Waals surface area contributed by atoms with Crippen LogP contribution in [0.4, 0.5) is 5.82 Å². The fourth-order valence-electron chi connectivity index (χ4n) is 1.39. The third kappa shape index (κ3) is 3.71. The van der Waals surface area contributed by atoms with Crippen LogP contribution < -0.4 is 5.32 Å². The summed E-state index contributed by atoms with van der Waals surface area (Å²) in [6, 6.07) is 4.14. The van der Waals surface area contributed by atoms with Gasteiger partial charge in [-0.15, -0.1) is 11.3 Å². The Bertz CT molecular complexity index is 482. The zero-order valence-electron chi connectivity index (χ0n) is 9.93. The van der Waals surface area contributed by atoms with Crippen molar-refractivity contribution in [1.82, 2.24) is 9.97 Å². The van der Waals surface area contributed by atoms with Gasteiger partial charge < -0.3 is 5.32 Å². The Balaban J connectivity index is 1.96. The normalized spacial score (nSPS) is 10.5. The van der Waals surface area contributed by atoms with Crippen molar-refractivity contribution < 1.29 is 0 Å². The highest BCUT2D eigenvalue weighted by Gasteiger charge is 2.01. The summed E-state index contributed by atoms with van der Waals surface area (Å²) in [5, 5.41) is 5.30. The molecule has 0 radical (unpaired) electrons. The van der Waals surface area contributed by atoms with Crippen LogP contribution in [-0.2, 0) is 5.75 Å². The topological polar surface area (TPSA) is 37.8 Å². The highest BCUT2D eigenvalue weighted by molar-refractivity contribution is 8.00. The van der Waals surface area contributed by atoms with Crippen LogP contribution in [0.1, 0.15) is 18.2 Å². The molecule has 0 saturated heterocycles. The van der Waals surface area contributed by atoms with Crippen molar-refractivity contribution in [2.45, 2.75) is 23.9 Å². The second kappa shape index (κ2) is 6.02. The fourth-order valence-corrected chi connectivity index (χ4v) is 3.18. The SMILES string of the molecule is CCNc1cc(CSc2nc(C)cs2)ccn1. The number of aryl methyl sites for hydroxylation is 1. The summed E-state index contributed by atoms with van der Waals surface area (Å²) in [5.74, 6) is 1.88. The predicted molar refractivity (Wildman–Crippen MR) is 74.8 cm³/mol. The summed E-state index contributed by atoms with van der Waals surface area (Å²) >= 11 is 3.48. The number of nitrogens with zero attached hydrogens (tertiary/aromatic N) is 2. The first kappa shape index (κ1) is 12.4. The zero-order chi connectivity index (χ0) is 12.1. The lowest BCUT2D eigenvalue weighted by Crippen LogP contribution is -1.99. The van der Waals surface area contributed by atoms with Crippen LogP contribution in [0.5, 0.6) is 0 Å².